The average molecular weight is 362 g/mol. The molecule has 1 heterocycles. The number of H-pyrrole nitrogens is 1. The average Bonchev–Trinajstić information content (AvgIpc) is 2.62. The number of carbonyl (C=O) groups is 1. The Labute approximate surface area is 145 Å². The van der Waals surface area contributed by atoms with Crippen molar-refractivity contribution >= 4 is 16.7 Å². The summed E-state index contributed by atoms with van der Waals surface area (Å²) in [5, 5.41) is 7.15. The number of rotatable bonds is 4. The van der Waals surface area contributed by atoms with Crippen LogP contribution in [0.3, 0.4) is 0 Å². The van der Waals surface area contributed by atoms with Crippen LogP contribution in [0.2, 0.25) is 0 Å². The quantitative estimate of drug-likeness (QED) is 0.724. The normalized spacial score (nSPS) is 11.5. The van der Waals surface area contributed by atoms with Crippen LogP contribution in [0.15, 0.2) is 53.3 Å². The highest BCUT2D eigenvalue weighted by atomic mass is 19.4. The highest BCUT2D eigenvalue weighted by Crippen LogP contribution is 2.29. The largest absolute Gasteiger partial charge is 0.461 e. The Morgan fingerprint density at radius 1 is 1.04 bits per heavy atom. The summed E-state index contributed by atoms with van der Waals surface area (Å²) in [6.07, 6.45) is -4.58. The highest BCUT2D eigenvalue weighted by molar-refractivity contribution is 5.86. The first-order valence-electron chi connectivity index (χ1n) is 7.62. The zero-order chi connectivity index (χ0) is 18.7. The summed E-state index contributed by atoms with van der Waals surface area (Å²) in [7, 11) is 0. The number of benzene rings is 2. The lowest BCUT2D eigenvalue weighted by Crippen LogP contribution is -2.15. The van der Waals surface area contributed by atoms with E-state index in [-0.39, 0.29) is 18.6 Å². The van der Waals surface area contributed by atoms with E-state index in [0.29, 0.717) is 22.0 Å². The monoisotopic (exact) mass is 362 g/mol. The van der Waals surface area contributed by atoms with Crippen LogP contribution in [-0.4, -0.2) is 16.2 Å². The zero-order valence-corrected chi connectivity index (χ0v) is 13.3. The minimum absolute atomic E-state index is 0.155. The van der Waals surface area contributed by atoms with Gasteiger partial charge in [-0.3, -0.25) is 9.59 Å². The maximum Gasteiger partial charge on any atom is 0.416 e. The summed E-state index contributed by atoms with van der Waals surface area (Å²) in [5.74, 6) is -0.602. The van der Waals surface area contributed by atoms with Gasteiger partial charge in [0.1, 0.15) is 6.61 Å². The molecule has 0 unspecified atom stereocenters. The Morgan fingerprint density at radius 2 is 1.69 bits per heavy atom. The Morgan fingerprint density at radius 3 is 2.35 bits per heavy atom. The summed E-state index contributed by atoms with van der Waals surface area (Å²) >= 11 is 0. The highest BCUT2D eigenvalue weighted by Gasteiger charge is 2.29. The van der Waals surface area contributed by atoms with Gasteiger partial charge in [-0.25, -0.2) is 5.10 Å². The van der Waals surface area contributed by atoms with E-state index in [1.807, 2.05) is 0 Å². The van der Waals surface area contributed by atoms with Gasteiger partial charge in [0.15, 0.2) is 0 Å². The fourth-order valence-electron chi connectivity index (χ4n) is 2.45. The molecule has 26 heavy (non-hydrogen) atoms. The van der Waals surface area contributed by atoms with Crippen molar-refractivity contribution in [3.8, 4) is 0 Å². The summed E-state index contributed by atoms with van der Waals surface area (Å²) in [6.45, 7) is -0.155. The first-order chi connectivity index (χ1) is 12.3. The van der Waals surface area contributed by atoms with Crippen molar-refractivity contribution in [2.45, 2.75) is 19.2 Å². The van der Waals surface area contributed by atoms with Gasteiger partial charge < -0.3 is 4.74 Å². The number of halogens is 3. The molecule has 0 amide bonds. The number of aromatic amines is 1. The van der Waals surface area contributed by atoms with Gasteiger partial charge in [-0.15, -0.1) is 0 Å². The second-order valence-corrected chi connectivity index (χ2v) is 5.58. The number of hydrogen-bond acceptors (Lipinski definition) is 4. The first-order valence-corrected chi connectivity index (χ1v) is 7.62. The number of esters is 1. The lowest BCUT2D eigenvalue weighted by Gasteiger charge is -2.09. The van der Waals surface area contributed by atoms with Gasteiger partial charge in [-0.05, 0) is 23.8 Å². The number of alkyl halides is 3. The molecule has 1 N–H and O–H groups in total. The third-order valence-electron chi connectivity index (χ3n) is 3.77. The first kappa shape index (κ1) is 17.7. The van der Waals surface area contributed by atoms with E-state index in [2.05, 4.69) is 10.2 Å². The molecule has 0 aliphatic carbocycles. The smallest absolute Gasteiger partial charge is 0.416 e. The number of hydrogen-bond donors (Lipinski definition) is 1. The minimum atomic E-state index is -4.41. The third-order valence-corrected chi connectivity index (χ3v) is 3.77. The van der Waals surface area contributed by atoms with Gasteiger partial charge in [0, 0.05) is 5.39 Å². The molecule has 3 aromatic rings. The molecule has 5 nitrogen and oxygen atoms in total. The summed E-state index contributed by atoms with van der Waals surface area (Å²) in [6, 6.07) is 11.1. The molecule has 0 spiro atoms. The van der Waals surface area contributed by atoms with E-state index in [0.717, 1.165) is 12.1 Å². The van der Waals surface area contributed by atoms with E-state index < -0.39 is 17.7 Å². The van der Waals surface area contributed by atoms with Crippen molar-refractivity contribution in [1.82, 2.24) is 10.2 Å². The van der Waals surface area contributed by atoms with Crippen LogP contribution in [0.25, 0.3) is 10.8 Å². The zero-order valence-electron chi connectivity index (χ0n) is 13.3. The molecule has 0 bridgehead atoms. The van der Waals surface area contributed by atoms with Crippen molar-refractivity contribution in [3.05, 3.63) is 75.7 Å². The van der Waals surface area contributed by atoms with Gasteiger partial charge in [0.2, 0.25) is 0 Å². The van der Waals surface area contributed by atoms with Crippen molar-refractivity contribution in [2.24, 2.45) is 0 Å². The lowest BCUT2D eigenvalue weighted by molar-refractivity contribution is -0.144. The van der Waals surface area contributed by atoms with Gasteiger partial charge in [0.25, 0.3) is 5.56 Å². The molecule has 0 saturated carbocycles. The molecule has 0 saturated heterocycles. The molecule has 3 rings (SSSR count). The van der Waals surface area contributed by atoms with Gasteiger partial charge in [-0.1, -0.05) is 30.3 Å². The molecule has 0 fully saturated rings. The maximum absolute atomic E-state index is 12.5. The molecule has 134 valence electrons. The minimum Gasteiger partial charge on any atom is -0.461 e. The fourth-order valence-corrected chi connectivity index (χ4v) is 2.45. The summed E-state index contributed by atoms with van der Waals surface area (Å²) in [5.41, 5.74) is -0.331. The lowest BCUT2D eigenvalue weighted by atomic mass is 10.1. The van der Waals surface area contributed by atoms with Gasteiger partial charge in [-0.2, -0.15) is 18.3 Å². The van der Waals surface area contributed by atoms with Crippen molar-refractivity contribution < 1.29 is 22.7 Å². The molecule has 2 aromatic carbocycles. The maximum atomic E-state index is 12.5. The Hall–Kier alpha value is -3.16. The van der Waals surface area contributed by atoms with Crippen LogP contribution in [0.5, 0.6) is 0 Å². The Kier molecular flexibility index (Phi) is 4.75. The predicted molar refractivity (Wildman–Crippen MR) is 87.3 cm³/mol. The van der Waals surface area contributed by atoms with E-state index in [9.17, 15) is 22.8 Å². The molecular weight excluding hydrogens is 349 g/mol. The SMILES string of the molecule is O=C(Cc1n[nH]c(=O)c2ccccc12)OCc1ccc(C(F)(F)F)cc1. The van der Waals surface area contributed by atoms with Crippen molar-refractivity contribution in [1.29, 1.82) is 0 Å². The van der Waals surface area contributed by atoms with Crippen LogP contribution in [0.1, 0.15) is 16.8 Å². The topological polar surface area (TPSA) is 72.0 Å². The number of aromatic nitrogens is 2. The van der Waals surface area contributed by atoms with Crippen molar-refractivity contribution in [3.63, 3.8) is 0 Å². The van der Waals surface area contributed by atoms with Crippen LogP contribution in [0.4, 0.5) is 13.2 Å². The molecule has 8 heteroatoms. The second-order valence-electron chi connectivity index (χ2n) is 5.58. The Bertz CT molecular complexity index is 995. The third kappa shape index (κ3) is 3.90. The van der Waals surface area contributed by atoms with Crippen LogP contribution in [0, 0.1) is 0 Å². The standard InChI is InChI=1S/C18H13F3N2O3/c19-18(20,21)12-7-5-11(6-8-12)10-26-16(24)9-15-13-3-1-2-4-14(13)17(25)23-22-15/h1-8H,9-10H2,(H,23,25). The van der Waals surface area contributed by atoms with Gasteiger partial charge >= 0.3 is 12.1 Å². The summed E-state index contributed by atoms with van der Waals surface area (Å²) < 4.78 is 42.6. The number of fused-ring (bicyclic) bond motifs is 1. The van der Waals surface area contributed by atoms with Crippen LogP contribution < -0.4 is 5.56 Å². The molecule has 0 atom stereocenters. The number of carbonyl (C=O) groups excluding carboxylic acids is 1. The van der Waals surface area contributed by atoms with E-state index in [1.54, 1.807) is 24.3 Å². The summed E-state index contributed by atoms with van der Waals surface area (Å²) in [4.78, 5) is 23.7. The molecule has 0 aliphatic rings. The second kappa shape index (κ2) is 6.99. The van der Waals surface area contributed by atoms with E-state index >= 15 is 0 Å². The van der Waals surface area contributed by atoms with Crippen LogP contribution in [-0.2, 0) is 28.7 Å². The molecular formula is C18H13F3N2O3. The van der Waals surface area contributed by atoms with E-state index in [4.69, 9.17) is 4.74 Å². The van der Waals surface area contributed by atoms with Crippen molar-refractivity contribution in [2.75, 3.05) is 0 Å². The molecule has 0 aliphatic heterocycles. The van der Waals surface area contributed by atoms with E-state index in [1.165, 1.54) is 12.1 Å². The van der Waals surface area contributed by atoms with Crippen LogP contribution >= 0.6 is 0 Å². The molecule has 0 radical (unpaired) electrons. The fraction of sp³-hybridized carbons (Fsp3) is 0.167. The predicted octanol–water partition coefficient (Wildman–Crippen LogP) is 3.23. The number of nitrogens with zero attached hydrogens (tertiary/aromatic N) is 1. The number of ether oxygens (including phenoxy) is 1. The Balaban J connectivity index is 1.67. The van der Waals surface area contributed by atoms with Gasteiger partial charge in [0.05, 0.1) is 23.1 Å². The number of nitrogens with one attached hydrogen (secondary N) is 1. The molecule has 1 aromatic heterocycles.